The summed E-state index contributed by atoms with van der Waals surface area (Å²) in [5.41, 5.74) is 0.116. The summed E-state index contributed by atoms with van der Waals surface area (Å²) in [7, 11) is 0. The number of carbonyl (C=O) groups is 1. The second-order valence-electron chi connectivity index (χ2n) is 6.04. The smallest absolute Gasteiger partial charge is 0.330 e. The summed E-state index contributed by atoms with van der Waals surface area (Å²) < 4.78 is 5.42. The number of rotatable bonds is 3. The number of esters is 1. The van der Waals surface area contributed by atoms with Crippen molar-refractivity contribution in [1.82, 2.24) is 4.90 Å². The van der Waals surface area contributed by atoms with Gasteiger partial charge in [-0.3, -0.25) is 4.90 Å². The van der Waals surface area contributed by atoms with Crippen LogP contribution in [0.2, 0.25) is 0 Å². The van der Waals surface area contributed by atoms with E-state index in [0.29, 0.717) is 0 Å². The predicted molar refractivity (Wildman–Crippen MR) is 69.8 cm³/mol. The first-order valence-corrected chi connectivity index (χ1v) is 6.34. The number of likely N-dealkylation sites (tertiary alicyclic amines) is 1. The maximum absolute atomic E-state index is 11.3. The molecule has 1 heterocycles. The molecule has 0 aromatic carbocycles. The summed E-state index contributed by atoms with van der Waals surface area (Å²) in [6.07, 6.45) is 2.99. The Morgan fingerprint density at radius 3 is 2.18 bits per heavy atom. The standard InChI is InChI=1S/C14H25NO2/c1-7-12(16)17-11-9-13(3,4)15(8-2)14(5,6)10-11/h7,11H,1,8-10H2,2-6H3. The fraction of sp³-hybridized carbons (Fsp3) is 0.786. The van der Waals surface area contributed by atoms with Crippen molar-refractivity contribution < 1.29 is 9.53 Å². The number of nitrogens with zero attached hydrogens (tertiary/aromatic N) is 1. The van der Waals surface area contributed by atoms with E-state index in [1.165, 1.54) is 6.08 Å². The number of carbonyl (C=O) groups excluding carboxylic acids is 1. The first-order chi connectivity index (χ1) is 7.73. The van der Waals surface area contributed by atoms with Gasteiger partial charge in [0.25, 0.3) is 0 Å². The maximum Gasteiger partial charge on any atom is 0.330 e. The lowest BCUT2D eigenvalue weighted by Gasteiger charge is -2.54. The molecule has 0 saturated carbocycles. The number of hydrogen-bond acceptors (Lipinski definition) is 3. The molecule has 1 rings (SSSR count). The molecule has 3 heteroatoms. The van der Waals surface area contributed by atoms with E-state index < -0.39 is 0 Å². The lowest BCUT2D eigenvalue weighted by atomic mass is 9.78. The molecule has 0 aromatic heterocycles. The molecular weight excluding hydrogens is 214 g/mol. The van der Waals surface area contributed by atoms with Crippen molar-refractivity contribution in [2.24, 2.45) is 0 Å². The van der Waals surface area contributed by atoms with Gasteiger partial charge in [0.2, 0.25) is 0 Å². The highest BCUT2D eigenvalue weighted by molar-refractivity contribution is 5.81. The lowest BCUT2D eigenvalue weighted by Crippen LogP contribution is -2.62. The van der Waals surface area contributed by atoms with E-state index in [9.17, 15) is 4.79 Å². The molecule has 1 saturated heterocycles. The second-order valence-corrected chi connectivity index (χ2v) is 6.04. The minimum absolute atomic E-state index is 0.00620. The summed E-state index contributed by atoms with van der Waals surface area (Å²) in [5.74, 6) is -0.313. The average molecular weight is 239 g/mol. The van der Waals surface area contributed by atoms with Crippen molar-refractivity contribution in [2.45, 2.75) is 64.6 Å². The molecule has 0 spiro atoms. The number of piperidine rings is 1. The molecular formula is C14H25NO2. The van der Waals surface area contributed by atoms with Crippen LogP contribution < -0.4 is 0 Å². The molecule has 0 N–H and O–H groups in total. The maximum atomic E-state index is 11.3. The van der Waals surface area contributed by atoms with Crippen LogP contribution in [0.5, 0.6) is 0 Å². The Morgan fingerprint density at radius 1 is 1.35 bits per heavy atom. The highest BCUT2D eigenvalue weighted by atomic mass is 16.5. The Morgan fingerprint density at radius 2 is 1.82 bits per heavy atom. The van der Waals surface area contributed by atoms with Crippen LogP contribution in [0.15, 0.2) is 12.7 Å². The van der Waals surface area contributed by atoms with Crippen LogP contribution in [0.4, 0.5) is 0 Å². The van der Waals surface area contributed by atoms with E-state index in [0.717, 1.165) is 19.4 Å². The Bertz CT molecular complexity index is 289. The molecule has 17 heavy (non-hydrogen) atoms. The van der Waals surface area contributed by atoms with Crippen molar-refractivity contribution in [3.63, 3.8) is 0 Å². The van der Waals surface area contributed by atoms with Gasteiger partial charge in [-0.2, -0.15) is 0 Å². The molecule has 3 nitrogen and oxygen atoms in total. The molecule has 98 valence electrons. The van der Waals surface area contributed by atoms with Gasteiger partial charge in [0, 0.05) is 30.0 Å². The molecule has 0 atom stereocenters. The largest absolute Gasteiger partial charge is 0.459 e. The van der Waals surface area contributed by atoms with Crippen molar-refractivity contribution in [2.75, 3.05) is 6.54 Å². The quantitative estimate of drug-likeness (QED) is 0.560. The molecule has 0 bridgehead atoms. The molecule has 0 aromatic rings. The highest BCUT2D eigenvalue weighted by Gasteiger charge is 2.45. The third-order valence-electron chi connectivity index (χ3n) is 3.68. The zero-order valence-electron chi connectivity index (χ0n) is 11.7. The first-order valence-electron chi connectivity index (χ1n) is 6.34. The van der Waals surface area contributed by atoms with Gasteiger partial charge in [-0.05, 0) is 34.2 Å². The van der Waals surface area contributed by atoms with E-state index in [2.05, 4.69) is 46.1 Å². The van der Waals surface area contributed by atoms with Crippen molar-refractivity contribution in [3.8, 4) is 0 Å². The van der Waals surface area contributed by atoms with E-state index in [-0.39, 0.29) is 23.2 Å². The van der Waals surface area contributed by atoms with Crippen LogP contribution in [-0.2, 0) is 9.53 Å². The van der Waals surface area contributed by atoms with Gasteiger partial charge in [-0.15, -0.1) is 0 Å². The highest BCUT2D eigenvalue weighted by Crippen LogP contribution is 2.39. The van der Waals surface area contributed by atoms with Crippen molar-refractivity contribution in [1.29, 1.82) is 0 Å². The average Bonchev–Trinajstić information content (AvgIpc) is 2.14. The molecule has 0 amide bonds. The monoisotopic (exact) mass is 239 g/mol. The molecule has 0 radical (unpaired) electrons. The second kappa shape index (κ2) is 4.81. The van der Waals surface area contributed by atoms with Crippen LogP contribution >= 0.6 is 0 Å². The van der Waals surface area contributed by atoms with Crippen molar-refractivity contribution in [3.05, 3.63) is 12.7 Å². The molecule has 1 aliphatic heterocycles. The zero-order valence-corrected chi connectivity index (χ0v) is 11.7. The Hall–Kier alpha value is -0.830. The number of ether oxygens (including phenoxy) is 1. The fourth-order valence-electron chi connectivity index (χ4n) is 3.38. The number of hydrogen-bond donors (Lipinski definition) is 0. The third kappa shape index (κ3) is 3.09. The van der Waals surface area contributed by atoms with Crippen LogP contribution in [0, 0.1) is 0 Å². The zero-order chi connectivity index (χ0) is 13.3. The third-order valence-corrected chi connectivity index (χ3v) is 3.68. The molecule has 1 aliphatic rings. The van der Waals surface area contributed by atoms with Gasteiger partial charge in [-0.1, -0.05) is 13.5 Å². The summed E-state index contributed by atoms with van der Waals surface area (Å²) in [6.45, 7) is 15.5. The van der Waals surface area contributed by atoms with E-state index in [1.807, 2.05) is 0 Å². The Labute approximate surface area is 105 Å². The SMILES string of the molecule is C=CC(=O)OC1CC(C)(C)N(CC)C(C)(C)C1. The van der Waals surface area contributed by atoms with E-state index >= 15 is 0 Å². The van der Waals surface area contributed by atoms with Gasteiger partial charge in [-0.25, -0.2) is 4.79 Å². The van der Waals surface area contributed by atoms with Gasteiger partial charge < -0.3 is 4.74 Å². The Balaban J connectivity index is 2.83. The summed E-state index contributed by atoms with van der Waals surface area (Å²) >= 11 is 0. The normalized spacial score (nSPS) is 24.3. The topological polar surface area (TPSA) is 29.5 Å². The van der Waals surface area contributed by atoms with Crippen LogP contribution in [0.3, 0.4) is 0 Å². The first kappa shape index (κ1) is 14.2. The Kier molecular flexibility index (Phi) is 4.03. The molecule has 0 aliphatic carbocycles. The molecule has 1 fully saturated rings. The van der Waals surface area contributed by atoms with Crippen molar-refractivity contribution >= 4 is 5.97 Å². The predicted octanol–water partition coefficient (Wildman–Crippen LogP) is 2.76. The van der Waals surface area contributed by atoms with Gasteiger partial charge in [0.05, 0.1) is 0 Å². The van der Waals surface area contributed by atoms with Gasteiger partial charge >= 0.3 is 5.97 Å². The summed E-state index contributed by atoms with van der Waals surface area (Å²) in [5, 5.41) is 0. The summed E-state index contributed by atoms with van der Waals surface area (Å²) in [6, 6.07) is 0. The lowest BCUT2D eigenvalue weighted by molar-refractivity contribution is -0.154. The van der Waals surface area contributed by atoms with Crippen LogP contribution in [0.25, 0.3) is 0 Å². The minimum Gasteiger partial charge on any atom is -0.459 e. The fourth-order valence-corrected chi connectivity index (χ4v) is 3.38. The molecule has 0 unspecified atom stereocenters. The minimum atomic E-state index is -0.313. The van der Waals surface area contributed by atoms with Gasteiger partial charge in [0.15, 0.2) is 0 Å². The summed E-state index contributed by atoms with van der Waals surface area (Å²) in [4.78, 5) is 13.8. The van der Waals surface area contributed by atoms with Crippen LogP contribution in [0.1, 0.15) is 47.5 Å². The van der Waals surface area contributed by atoms with E-state index in [1.54, 1.807) is 0 Å². The van der Waals surface area contributed by atoms with E-state index in [4.69, 9.17) is 4.74 Å². The van der Waals surface area contributed by atoms with Crippen LogP contribution in [-0.4, -0.2) is 34.6 Å². The van der Waals surface area contributed by atoms with Gasteiger partial charge in [0.1, 0.15) is 6.10 Å².